The predicted octanol–water partition coefficient (Wildman–Crippen LogP) is 4.01. The maximum atomic E-state index is 13.1. The largest absolute Gasteiger partial charge is 0.454 e. The Bertz CT molecular complexity index is 1360. The van der Waals surface area contributed by atoms with E-state index in [9.17, 15) is 9.59 Å². The Kier molecular flexibility index (Phi) is 5.22. The summed E-state index contributed by atoms with van der Waals surface area (Å²) in [6, 6.07) is 9.74. The Morgan fingerprint density at radius 1 is 1.22 bits per heavy atom. The molecule has 7 nitrogen and oxygen atoms in total. The van der Waals surface area contributed by atoms with Crippen LogP contribution in [0.4, 0.5) is 0 Å². The van der Waals surface area contributed by atoms with Gasteiger partial charge < -0.3 is 14.8 Å². The number of thiophene rings is 2. The van der Waals surface area contributed by atoms with E-state index in [4.69, 9.17) is 9.47 Å². The monoisotopic (exact) mass is 467 g/mol. The maximum Gasteiger partial charge on any atom is 0.263 e. The molecule has 1 amide bonds. The molecular weight excluding hydrogens is 446 g/mol. The first-order chi connectivity index (χ1) is 15.4. The van der Waals surface area contributed by atoms with Crippen molar-refractivity contribution in [3.63, 3.8) is 0 Å². The van der Waals surface area contributed by atoms with Crippen LogP contribution in [0.1, 0.15) is 19.4 Å². The molecule has 5 rings (SSSR count). The molecule has 0 radical (unpaired) electrons. The maximum absolute atomic E-state index is 13.1. The van der Waals surface area contributed by atoms with Gasteiger partial charge in [-0.2, -0.15) is 0 Å². The van der Waals surface area contributed by atoms with E-state index in [1.54, 1.807) is 11.3 Å². The number of amides is 1. The minimum Gasteiger partial charge on any atom is -0.454 e. The van der Waals surface area contributed by atoms with Crippen LogP contribution in [0.5, 0.6) is 11.5 Å². The van der Waals surface area contributed by atoms with Crippen molar-refractivity contribution in [2.24, 2.45) is 0 Å². The summed E-state index contributed by atoms with van der Waals surface area (Å²) in [5.74, 6) is 1.20. The second-order valence-electron chi connectivity index (χ2n) is 8.21. The highest BCUT2D eigenvalue weighted by Gasteiger charge is 2.25. The summed E-state index contributed by atoms with van der Waals surface area (Å²) in [6.45, 7) is 4.64. The highest BCUT2D eigenvalue weighted by atomic mass is 32.1. The second-order valence-corrected chi connectivity index (χ2v) is 10.0. The molecule has 32 heavy (non-hydrogen) atoms. The lowest BCUT2D eigenvalue weighted by atomic mass is 9.84. The number of carbonyl (C=O) groups is 1. The van der Waals surface area contributed by atoms with Crippen LogP contribution < -0.4 is 20.3 Å². The molecule has 9 heteroatoms. The van der Waals surface area contributed by atoms with Gasteiger partial charge in [-0.15, -0.1) is 22.7 Å². The summed E-state index contributed by atoms with van der Waals surface area (Å²) in [6.07, 6.45) is 1.45. The van der Waals surface area contributed by atoms with Crippen molar-refractivity contribution in [1.82, 2.24) is 14.9 Å². The quantitative estimate of drug-likeness (QED) is 0.463. The van der Waals surface area contributed by atoms with Crippen LogP contribution in [0, 0.1) is 0 Å². The molecule has 0 saturated carbocycles. The Hall–Kier alpha value is -3.17. The van der Waals surface area contributed by atoms with Gasteiger partial charge in [-0.1, -0.05) is 26.0 Å². The summed E-state index contributed by atoms with van der Waals surface area (Å²) in [5, 5.41) is 7.44. The van der Waals surface area contributed by atoms with E-state index in [0.717, 1.165) is 21.8 Å². The smallest absolute Gasteiger partial charge is 0.263 e. The molecule has 1 aliphatic heterocycles. The molecule has 4 heterocycles. The highest BCUT2D eigenvalue weighted by molar-refractivity contribution is 7.18. The Balaban J connectivity index is 1.31. The van der Waals surface area contributed by atoms with Crippen LogP contribution in [-0.2, 0) is 16.8 Å². The van der Waals surface area contributed by atoms with Gasteiger partial charge in [0.05, 0.1) is 11.7 Å². The van der Waals surface area contributed by atoms with Gasteiger partial charge in [-0.3, -0.25) is 14.2 Å². The fraction of sp³-hybridized carbons (Fsp3) is 0.261. The average Bonchev–Trinajstić information content (AvgIpc) is 3.53. The molecule has 1 N–H and O–H groups in total. The Labute approximate surface area is 192 Å². The second kappa shape index (κ2) is 8.07. The van der Waals surface area contributed by atoms with E-state index in [1.165, 1.54) is 22.2 Å². The van der Waals surface area contributed by atoms with Gasteiger partial charge >= 0.3 is 0 Å². The van der Waals surface area contributed by atoms with Crippen LogP contribution >= 0.6 is 22.7 Å². The first kappa shape index (κ1) is 20.7. The SMILES string of the molecule is CC(C)(CNC(=O)Cn1cnc2scc(-c3cccs3)c2c1=O)c1ccc2c(c1)OCO2. The van der Waals surface area contributed by atoms with Crippen molar-refractivity contribution in [2.45, 2.75) is 25.8 Å². The van der Waals surface area contributed by atoms with Crippen LogP contribution in [0.2, 0.25) is 0 Å². The van der Waals surface area contributed by atoms with Gasteiger partial charge in [-0.05, 0) is 29.1 Å². The zero-order chi connectivity index (χ0) is 22.3. The fourth-order valence-electron chi connectivity index (χ4n) is 3.64. The van der Waals surface area contributed by atoms with Gasteiger partial charge in [-0.25, -0.2) is 4.98 Å². The molecule has 1 aromatic carbocycles. The lowest BCUT2D eigenvalue weighted by Crippen LogP contribution is -2.39. The van der Waals surface area contributed by atoms with E-state index in [-0.39, 0.29) is 30.2 Å². The Morgan fingerprint density at radius 3 is 2.88 bits per heavy atom. The van der Waals surface area contributed by atoms with E-state index in [1.807, 2.05) is 54.9 Å². The Morgan fingerprint density at radius 2 is 2.06 bits per heavy atom. The number of nitrogens with one attached hydrogen (secondary N) is 1. The number of carbonyl (C=O) groups excluding carboxylic acids is 1. The third kappa shape index (κ3) is 3.78. The first-order valence-electron chi connectivity index (χ1n) is 10.1. The molecule has 0 unspecified atom stereocenters. The van der Waals surface area contributed by atoms with Gasteiger partial charge in [0.15, 0.2) is 11.5 Å². The van der Waals surface area contributed by atoms with Crippen molar-refractivity contribution in [2.75, 3.05) is 13.3 Å². The van der Waals surface area contributed by atoms with Crippen molar-refractivity contribution in [1.29, 1.82) is 0 Å². The minimum atomic E-state index is -0.330. The molecule has 3 aromatic heterocycles. The summed E-state index contributed by atoms with van der Waals surface area (Å²) in [7, 11) is 0. The molecule has 0 atom stereocenters. The van der Waals surface area contributed by atoms with Gasteiger partial charge in [0.25, 0.3) is 5.56 Å². The summed E-state index contributed by atoms with van der Waals surface area (Å²) >= 11 is 3.01. The number of rotatable bonds is 6. The molecule has 4 aromatic rings. The van der Waals surface area contributed by atoms with Crippen molar-refractivity contribution in [3.05, 3.63) is 63.3 Å². The number of nitrogens with zero attached hydrogens (tertiary/aromatic N) is 2. The van der Waals surface area contributed by atoms with Crippen molar-refractivity contribution in [3.8, 4) is 21.9 Å². The standard InChI is InChI=1S/C23H21N3O4S2/c1-23(2,14-5-6-16-17(8-14)30-13-29-16)11-24-19(27)9-26-12-25-21-20(22(26)28)15(10-32-21)18-4-3-7-31-18/h3-8,10,12H,9,11,13H2,1-2H3,(H,24,27). The number of ether oxygens (including phenoxy) is 2. The number of hydrogen-bond donors (Lipinski definition) is 1. The van der Waals surface area contributed by atoms with E-state index < -0.39 is 0 Å². The summed E-state index contributed by atoms with van der Waals surface area (Å²) in [5.41, 5.74) is 1.37. The number of benzene rings is 1. The zero-order valence-electron chi connectivity index (χ0n) is 17.6. The lowest BCUT2D eigenvalue weighted by Gasteiger charge is -2.26. The summed E-state index contributed by atoms with van der Waals surface area (Å²) in [4.78, 5) is 31.9. The van der Waals surface area contributed by atoms with Crippen LogP contribution in [0.25, 0.3) is 20.7 Å². The third-order valence-corrected chi connectivity index (χ3v) is 7.33. The van der Waals surface area contributed by atoms with Crippen molar-refractivity contribution >= 4 is 38.8 Å². The normalized spacial score (nSPS) is 12.9. The van der Waals surface area contributed by atoms with Gasteiger partial charge in [0.2, 0.25) is 12.7 Å². The molecule has 0 bridgehead atoms. The van der Waals surface area contributed by atoms with Crippen molar-refractivity contribution < 1.29 is 14.3 Å². The fourth-order valence-corrected chi connectivity index (χ4v) is 5.36. The predicted molar refractivity (Wildman–Crippen MR) is 126 cm³/mol. The van der Waals surface area contributed by atoms with Crippen LogP contribution in [-0.4, -0.2) is 28.8 Å². The minimum absolute atomic E-state index is 0.0846. The molecule has 0 spiro atoms. The van der Waals surface area contributed by atoms with Crippen LogP contribution in [0.15, 0.2) is 52.2 Å². The molecule has 0 fully saturated rings. The molecule has 0 saturated heterocycles. The molecule has 0 aliphatic carbocycles. The van der Waals surface area contributed by atoms with Crippen LogP contribution in [0.3, 0.4) is 0 Å². The highest BCUT2D eigenvalue weighted by Crippen LogP contribution is 2.36. The number of hydrogen-bond acceptors (Lipinski definition) is 7. The molecule has 1 aliphatic rings. The summed E-state index contributed by atoms with van der Waals surface area (Å²) < 4.78 is 12.2. The molecular formula is C23H21N3O4S2. The van der Waals surface area contributed by atoms with E-state index in [0.29, 0.717) is 22.5 Å². The van der Waals surface area contributed by atoms with Gasteiger partial charge in [0.1, 0.15) is 11.4 Å². The van der Waals surface area contributed by atoms with Gasteiger partial charge in [0, 0.05) is 27.8 Å². The average molecular weight is 468 g/mol. The topological polar surface area (TPSA) is 82.5 Å². The first-order valence-corrected chi connectivity index (χ1v) is 11.9. The van der Waals surface area contributed by atoms with E-state index >= 15 is 0 Å². The number of aromatic nitrogens is 2. The lowest BCUT2D eigenvalue weighted by molar-refractivity contribution is -0.121. The number of fused-ring (bicyclic) bond motifs is 2. The molecule has 164 valence electrons. The van der Waals surface area contributed by atoms with E-state index in [2.05, 4.69) is 10.3 Å². The third-order valence-electron chi connectivity index (χ3n) is 5.54. The zero-order valence-corrected chi connectivity index (χ0v) is 19.2.